The first-order chi connectivity index (χ1) is 13.6. The summed E-state index contributed by atoms with van der Waals surface area (Å²) < 4.78 is 2.14. The normalized spacial score (nSPS) is 16.9. The number of carbonyl (C=O) groups is 1. The van der Waals surface area contributed by atoms with Gasteiger partial charge in [-0.25, -0.2) is 14.8 Å². The van der Waals surface area contributed by atoms with Crippen molar-refractivity contribution in [1.82, 2.24) is 19.5 Å². The molecule has 1 aliphatic rings. The van der Waals surface area contributed by atoms with E-state index in [9.17, 15) is 9.90 Å². The molecule has 4 heterocycles. The first-order valence-electron chi connectivity index (χ1n) is 9.48. The van der Waals surface area contributed by atoms with Gasteiger partial charge in [0.15, 0.2) is 0 Å². The van der Waals surface area contributed by atoms with Crippen molar-refractivity contribution in [3.8, 4) is 0 Å². The van der Waals surface area contributed by atoms with Gasteiger partial charge >= 0.3 is 5.97 Å². The zero-order valence-electron chi connectivity index (χ0n) is 15.8. The van der Waals surface area contributed by atoms with Gasteiger partial charge in [-0.2, -0.15) is 0 Å². The fourth-order valence-corrected chi connectivity index (χ4v) is 3.81. The number of aromatic carboxylic acids is 1. The minimum Gasteiger partial charge on any atom is -0.478 e. The molecule has 144 valence electrons. The second-order valence-corrected chi connectivity index (χ2v) is 7.15. The molecule has 0 amide bonds. The molecule has 28 heavy (non-hydrogen) atoms. The van der Waals surface area contributed by atoms with E-state index in [2.05, 4.69) is 24.4 Å². The molecule has 3 aromatic heterocycles. The number of aromatic nitrogens is 4. The fraction of sp³-hybridized carbons (Fsp3) is 0.333. The largest absolute Gasteiger partial charge is 0.478 e. The van der Waals surface area contributed by atoms with E-state index in [4.69, 9.17) is 0 Å². The van der Waals surface area contributed by atoms with Crippen molar-refractivity contribution < 1.29 is 9.90 Å². The Hall–Kier alpha value is -3.22. The van der Waals surface area contributed by atoms with Gasteiger partial charge in [-0.05, 0) is 44.0 Å². The molecule has 4 rings (SSSR count). The Morgan fingerprint density at radius 1 is 1.21 bits per heavy atom. The number of carboxylic acid groups (broad SMARTS) is 1. The monoisotopic (exact) mass is 377 g/mol. The van der Waals surface area contributed by atoms with Gasteiger partial charge in [-0.15, -0.1) is 0 Å². The van der Waals surface area contributed by atoms with Crippen molar-refractivity contribution in [2.24, 2.45) is 0 Å². The summed E-state index contributed by atoms with van der Waals surface area (Å²) in [6.07, 6.45) is 7.59. The number of aryl methyl sites for hydroxylation is 1. The number of rotatable bonds is 5. The summed E-state index contributed by atoms with van der Waals surface area (Å²) in [7, 11) is 0. The molecule has 0 unspecified atom stereocenters. The lowest BCUT2D eigenvalue weighted by Gasteiger charge is -2.34. The predicted molar refractivity (Wildman–Crippen MR) is 106 cm³/mol. The summed E-state index contributed by atoms with van der Waals surface area (Å²) in [6.45, 7) is 4.07. The van der Waals surface area contributed by atoms with Crippen molar-refractivity contribution in [1.29, 1.82) is 0 Å². The highest BCUT2D eigenvalue weighted by Gasteiger charge is 2.28. The Bertz CT molecular complexity index is 970. The predicted octanol–water partition coefficient (Wildman–Crippen LogP) is 3.11. The van der Waals surface area contributed by atoms with Crippen molar-refractivity contribution in [3.05, 3.63) is 71.7 Å². The highest BCUT2D eigenvalue weighted by Crippen LogP contribution is 2.30. The lowest BCUT2D eigenvalue weighted by atomic mass is 9.96. The van der Waals surface area contributed by atoms with Gasteiger partial charge in [0.05, 0.1) is 12.2 Å². The van der Waals surface area contributed by atoms with Gasteiger partial charge in [0.25, 0.3) is 0 Å². The topological polar surface area (TPSA) is 84.1 Å². The molecule has 1 aliphatic heterocycles. The number of anilines is 1. The maximum atomic E-state index is 11.7. The first kappa shape index (κ1) is 18.2. The van der Waals surface area contributed by atoms with E-state index in [0.29, 0.717) is 18.9 Å². The summed E-state index contributed by atoms with van der Waals surface area (Å²) >= 11 is 0. The van der Waals surface area contributed by atoms with Crippen LogP contribution in [-0.2, 0) is 6.54 Å². The Labute approximate surface area is 163 Å². The number of carboxylic acids is 1. The first-order valence-corrected chi connectivity index (χ1v) is 9.48. The van der Waals surface area contributed by atoms with E-state index in [-0.39, 0.29) is 11.5 Å². The Balaban J connectivity index is 1.58. The molecule has 0 saturated carbocycles. The zero-order valence-corrected chi connectivity index (χ0v) is 15.8. The molecule has 7 heteroatoms. The molecule has 1 fully saturated rings. The average molecular weight is 377 g/mol. The second-order valence-electron chi connectivity index (χ2n) is 7.15. The van der Waals surface area contributed by atoms with Gasteiger partial charge in [-0.3, -0.25) is 4.98 Å². The molecule has 0 radical (unpaired) electrons. The van der Waals surface area contributed by atoms with E-state index in [1.807, 2.05) is 37.5 Å². The van der Waals surface area contributed by atoms with E-state index in [1.165, 1.54) is 0 Å². The number of pyridine rings is 2. The van der Waals surface area contributed by atoms with Gasteiger partial charge in [0, 0.05) is 43.3 Å². The summed E-state index contributed by atoms with van der Waals surface area (Å²) in [6, 6.07) is 9.29. The van der Waals surface area contributed by atoms with Crippen molar-refractivity contribution >= 4 is 11.8 Å². The van der Waals surface area contributed by atoms with Gasteiger partial charge in [0.2, 0.25) is 0 Å². The number of piperidine rings is 1. The summed E-state index contributed by atoms with van der Waals surface area (Å²) in [5, 5.41) is 9.56. The average Bonchev–Trinajstić information content (AvgIpc) is 3.16. The molecule has 1 N–H and O–H groups in total. The zero-order chi connectivity index (χ0) is 19.5. The van der Waals surface area contributed by atoms with Crippen LogP contribution in [0.4, 0.5) is 5.82 Å². The fourth-order valence-electron chi connectivity index (χ4n) is 3.81. The molecule has 0 aliphatic carbocycles. The third-order valence-corrected chi connectivity index (χ3v) is 5.14. The van der Waals surface area contributed by atoms with E-state index >= 15 is 0 Å². The summed E-state index contributed by atoms with van der Waals surface area (Å²) in [4.78, 5) is 27.3. The Morgan fingerprint density at radius 3 is 2.89 bits per heavy atom. The smallest absolute Gasteiger partial charge is 0.339 e. The van der Waals surface area contributed by atoms with Crippen LogP contribution in [0, 0.1) is 6.92 Å². The minimum absolute atomic E-state index is 0.219. The molecule has 0 bridgehead atoms. The maximum Gasteiger partial charge on any atom is 0.339 e. The summed E-state index contributed by atoms with van der Waals surface area (Å²) in [5.41, 5.74) is 2.06. The van der Waals surface area contributed by atoms with Crippen molar-refractivity contribution in [2.75, 3.05) is 18.0 Å². The molecule has 3 aromatic rings. The van der Waals surface area contributed by atoms with Gasteiger partial charge in [-0.1, -0.05) is 6.07 Å². The van der Waals surface area contributed by atoms with Crippen LogP contribution in [0.15, 0.2) is 48.9 Å². The molecule has 0 spiro atoms. The quantitative estimate of drug-likeness (QED) is 0.735. The molecule has 7 nitrogen and oxygen atoms in total. The lowest BCUT2D eigenvalue weighted by molar-refractivity contribution is 0.0697. The van der Waals surface area contributed by atoms with Crippen LogP contribution in [-0.4, -0.2) is 43.7 Å². The van der Waals surface area contributed by atoms with Gasteiger partial charge in [0.1, 0.15) is 17.2 Å². The number of hydrogen-bond donors (Lipinski definition) is 1. The molecule has 0 aromatic carbocycles. The van der Waals surface area contributed by atoms with E-state index < -0.39 is 5.97 Å². The number of nitrogens with zero attached hydrogens (tertiary/aromatic N) is 5. The molecule has 1 atom stereocenters. The standard InChI is InChI=1S/C21H23N5O2/c1-15-7-8-18(21(27)28)20(24-15)25-11-4-5-16(13-25)19-23-10-12-26(19)14-17-6-2-3-9-22-17/h2-3,6-10,12,16H,4-5,11,13-14H2,1H3,(H,27,28)/t16-/m0/s1. The van der Waals surface area contributed by atoms with Crippen LogP contribution in [0.25, 0.3) is 0 Å². The third-order valence-electron chi connectivity index (χ3n) is 5.14. The molecular formula is C21H23N5O2. The highest BCUT2D eigenvalue weighted by molar-refractivity contribution is 5.93. The highest BCUT2D eigenvalue weighted by atomic mass is 16.4. The van der Waals surface area contributed by atoms with Crippen LogP contribution >= 0.6 is 0 Å². The van der Waals surface area contributed by atoms with Crippen molar-refractivity contribution in [2.45, 2.75) is 32.2 Å². The maximum absolute atomic E-state index is 11.7. The molecular weight excluding hydrogens is 354 g/mol. The number of imidazole rings is 1. The van der Waals surface area contributed by atoms with Crippen molar-refractivity contribution in [3.63, 3.8) is 0 Å². The SMILES string of the molecule is Cc1ccc(C(=O)O)c(N2CCC[C@H](c3nccn3Cc3ccccn3)C2)n1. The Kier molecular flexibility index (Phi) is 5.06. The summed E-state index contributed by atoms with van der Waals surface area (Å²) in [5.74, 6) is 0.845. The minimum atomic E-state index is -0.943. The van der Waals surface area contributed by atoms with E-state index in [1.54, 1.807) is 18.3 Å². The molecule has 1 saturated heterocycles. The second kappa shape index (κ2) is 7.80. The van der Waals surface area contributed by atoms with Crippen LogP contribution in [0.5, 0.6) is 0 Å². The van der Waals surface area contributed by atoms with Crippen LogP contribution in [0.1, 0.15) is 46.3 Å². The van der Waals surface area contributed by atoms with Crippen LogP contribution < -0.4 is 4.90 Å². The van der Waals surface area contributed by atoms with Crippen LogP contribution in [0.2, 0.25) is 0 Å². The number of hydrogen-bond acceptors (Lipinski definition) is 5. The third kappa shape index (κ3) is 3.74. The lowest BCUT2D eigenvalue weighted by Crippen LogP contribution is -2.37. The Morgan fingerprint density at radius 2 is 2.11 bits per heavy atom. The van der Waals surface area contributed by atoms with E-state index in [0.717, 1.165) is 36.6 Å². The van der Waals surface area contributed by atoms with Gasteiger partial charge < -0.3 is 14.6 Å². The van der Waals surface area contributed by atoms with Crippen LogP contribution in [0.3, 0.4) is 0 Å².